The fraction of sp³-hybridized carbons (Fsp3) is 0.278. The number of carbonyl (C=O) groups is 1. The van der Waals surface area contributed by atoms with Crippen LogP contribution in [-0.2, 0) is 17.8 Å². The van der Waals surface area contributed by atoms with E-state index in [1.54, 1.807) is 18.2 Å². The third-order valence-corrected chi connectivity index (χ3v) is 3.97. The number of amides is 1. The van der Waals surface area contributed by atoms with Crippen molar-refractivity contribution in [3.63, 3.8) is 0 Å². The summed E-state index contributed by atoms with van der Waals surface area (Å²) >= 11 is 5.94. The van der Waals surface area contributed by atoms with Crippen molar-refractivity contribution in [3.05, 3.63) is 52.3 Å². The Labute approximate surface area is 150 Å². The van der Waals surface area contributed by atoms with Gasteiger partial charge in [0.05, 0.1) is 27.8 Å². The lowest BCUT2D eigenvalue weighted by molar-refractivity contribution is -0.120. The molecular weight excluding hydrogens is 349 g/mol. The van der Waals surface area contributed by atoms with Gasteiger partial charge >= 0.3 is 0 Å². The van der Waals surface area contributed by atoms with E-state index in [9.17, 15) is 9.18 Å². The van der Waals surface area contributed by atoms with Crippen LogP contribution < -0.4 is 19.5 Å². The largest absolute Gasteiger partial charge is 0.493 e. The van der Waals surface area contributed by atoms with Crippen LogP contribution in [0.3, 0.4) is 0 Å². The highest BCUT2D eigenvalue weighted by molar-refractivity contribution is 6.31. The van der Waals surface area contributed by atoms with Gasteiger partial charge < -0.3 is 19.5 Å². The normalized spacial score (nSPS) is 10.3. The van der Waals surface area contributed by atoms with Crippen LogP contribution in [0, 0.1) is 5.82 Å². The number of carbonyl (C=O) groups excluding carboxylic acids is 1. The Hall–Kier alpha value is -2.47. The number of hydrogen-bond acceptors (Lipinski definition) is 4. The van der Waals surface area contributed by atoms with Crippen molar-refractivity contribution < 1.29 is 23.4 Å². The predicted octanol–water partition coefficient (Wildman–Crippen LogP) is 3.36. The van der Waals surface area contributed by atoms with Crippen LogP contribution in [0.15, 0.2) is 30.3 Å². The summed E-state index contributed by atoms with van der Waals surface area (Å²) < 4.78 is 29.5. The van der Waals surface area contributed by atoms with Gasteiger partial charge in [0.25, 0.3) is 0 Å². The van der Waals surface area contributed by atoms with Crippen LogP contribution in [0.2, 0.25) is 5.02 Å². The molecule has 0 fully saturated rings. The van der Waals surface area contributed by atoms with Gasteiger partial charge in [-0.15, -0.1) is 0 Å². The van der Waals surface area contributed by atoms with Crippen LogP contribution in [0.1, 0.15) is 11.1 Å². The molecule has 0 spiro atoms. The van der Waals surface area contributed by atoms with Gasteiger partial charge in [0.1, 0.15) is 5.82 Å². The summed E-state index contributed by atoms with van der Waals surface area (Å²) in [5.74, 6) is 0.598. The number of halogens is 2. The smallest absolute Gasteiger partial charge is 0.224 e. The first-order chi connectivity index (χ1) is 12.0. The first-order valence-corrected chi connectivity index (χ1v) is 7.86. The molecule has 0 saturated carbocycles. The number of nitrogens with one attached hydrogen (secondary N) is 1. The average molecular weight is 368 g/mol. The molecule has 2 aromatic carbocycles. The van der Waals surface area contributed by atoms with E-state index < -0.39 is 5.82 Å². The summed E-state index contributed by atoms with van der Waals surface area (Å²) in [5.41, 5.74) is 0.925. The SMILES string of the molecule is COc1cc(CNC(=O)Cc2c(F)cccc2Cl)cc(OC)c1OC. The summed E-state index contributed by atoms with van der Waals surface area (Å²) in [5, 5.41) is 2.95. The van der Waals surface area contributed by atoms with Crippen molar-refractivity contribution in [1.29, 1.82) is 0 Å². The molecule has 0 radical (unpaired) electrons. The van der Waals surface area contributed by atoms with Crippen molar-refractivity contribution in [2.24, 2.45) is 0 Å². The molecule has 0 atom stereocenters. The van der Waals surface area contributed by atoms with Gasteiger partial charge in [-0.2, -0.15) is 0 Å². The van der Waals surface area contributed by atoms with E-state index in [1.165, 1.54) is 33.5 Å². The molecule has 0 aliphatic rings. The minimum absolute atomic E-state index is 0.143. The molecule has 134 valence electrons. The first kappa shape index (κ1) is 18.9. The van der Waals surface area contributed by atoms with Crippen LogP contribution in [0.25, 0.3) is 0 Å². The summed E-state index contributed by atoms with van der Waals surface area (Å²) in [6.45, 7) is 0.224. The van der Waals surface area contributed by atoms with E-state index >= 15 is 0 Å². The van der Waals surface area contributed by atoms with Crippen molar-refractivity contribution in [2.75, 3.05) is 21.3 Å². The van der Waals surface area contributed by atoms with Crippen LogP contribution in [-0.4, -0.2) is 27.2 Å². The quantitative estimate of drug-likeness (QED) is 0.815. The highest BCUT2D eigenvalue weighted by atomic mass is 35.5. The maximum absolute atomic E-state index is 13.7. The molecule has 0 heterocycles. The number of methoxy groups -OCH3 is 3. The molecule has 2 aromatic rings. The Kier molecular flexibility index (Phi) is 6.47. The maximum atomic E-state index is 13.7. The topological polar surface area (TPSA) is 56.8 Å². The van der Waals surface area contributed by atoms with E-state index in [0.717, 1.165) is 5.56 Å². The molecule has 0 aliphatic heterocycles. The molecule has 0 saturated heterocycles. The van der Waals surface area contributed by atoms with Crippen molar-refractivity contribution in [2.45, 2.75) is 13.0 Å². The zero-order chi connectivity index (χ0) is 18.4. The Balaban J connectivity index is 2.09. The van der Waals surface area contributed by atoms with Gasteiger partial charge in [0.15, 0.2) is 11.5 Å². The Morgan fingerprint density at radius 2 is 1.76 bits per heavy atom. The fourth-order valence-electron chi connectivity index (χ4n) is 2.36. The van der Waals surface area contributed by atoms with Crippen molar-refractivity contribution >= 4 is 17.5 Å². The lowest BCUT2D eigenvalue weighted by Crippen LogP contribution is -2.25. The second-order valence-electron chi connectivity index (χ2n) is 5.19. The maximum Gasteiger partial charge on any atom is 0.224 e. The molecule has 2 rings (SSSR count). The molecule has 25 heavy (non-hydrogen) atoms. The monoisotopic (exact) mass is 367 g/mol. The lowest BCUT2D eigenvalue weighted by atomic mass is 10.1. The highest BCUT2D eigenvalue weighted by Crippen LogP contribution is 2.38. The Bertz CT molecular complexity index is 721. The minimum atomic E-state index is -0.504. The van der Waals surface area contributed by atoms with Crippen LogP contribution in [0.4, 0.5) is 4.39 Å². The molecular formula is C18H19ClFNO4. The third-order valence-electron chi connectivity index (χ3n) is 3.61. The molecule has 0 unspecified atom stereocenters. The third kappa shape index (κ3) is 4.54. The summed E-state index contributed by atoms with van der Waals surface area (Å²) in [4.78, 5) is 12.1. The molecule has 1 amide bonds. The zero-order valence-electron chi connectivity index (χ0n) is 14.2. The number of ether oxygens (including phenoxy) is 3. The van der Waals surface area contributed by atoms with E-state index in [0.29, 0.717) is 17.2 Å². The minimum Gasteiger partial charge on any atom is -0.493 e. The summed E-state index contributed by atoms with van der Waals surface area (Å²) in [6.07, 6.45) is -0.143. The predicted molar refractivity (Wildman–Crippen MR) is 93.1 cm³/mol. The lowest BCUT2D eigenvalue weighted by Gasteiger charge is -2.14. The van der Waals surface area contributed by atoms with E-state index in [-0.39, 0.29) is 29.5 Å². The highest BCUT2D eigenvalue weighted by Gasteiger charge is 2.15. The average Bonchev–Trinajstić information content (AvgIpc) is 2.62. The molecule has 0 aromatic heterocycles. The number of hydrogen-bond donors (Lipinski definition) is 1. The standard InChI is InChI=1S/C18H19ClFNO4/c1-23-15-7-11(8-16(24-2)18(15)25-3)10-21-17(22)9-12-13(19)5-4-6-14(12)20/h4-8H,9-10H2,1-3H3,(H,21,22). The van der Waals surface area contributed by atoms with Crippen molar-refractivity contribution in [3.8, 4) is 17.2 Å². The first-order valence-electron chi connectivity index (χ1n) is 7.48. The van der Waals surface area contributed by atoms with E-state index in [4.69, 9.17) is 25.8 Å². The Morgan fingerprint density at radius 3 is 2.28 bits per heavy atom. The van der Waals surface area contributed by atoms with Crippen LogP contribution in [0.5, 0.6) is 17.2 Å². The molecule has 5 nitrogen and oxygen atoms in total. The number of rotatable bonds is 7. The van der Waals surface area contributed by atoms with Gasteiger partial charge in [-0.05, 0) is 29.8 Å². The Morgan fingerprint density at radius 1 is 1.12 bits per heavy atom. The van der Waals surface area contributed by atoms with Gasteiger partial charge in [-0.3, -0.25) is 4.79 Å². The summed E-state index contributed by atoms with van der Waals surface area (Å²) in [7, 11) is 4.54. The van der Waals surface area contributed by atoms with Gasteiger partial charge in [-0.1, -0.05) is 17.7 Å². The van der Waals surface area contributed by atoms with Gasteiger partial charge in [-0.25, -0.2) is 4.39 Å². The van der Waals surface area contributed by atoms with Crippen molar-refractivity contribution in [1.82, 2.24) is 5.32 Å². The van der Waals surface area contributed by atoms with Gasteiger partial charge in [0.2, 0.25) is 11.7 Å². The molecule has 7 heteroatoms. The molecule has 0 aliphatic carbocycles. The zero-order valence-corrected chi connectivity index (χ0v) is 14.9. The second-order valence-corrected chi connectivity index (χ2v) is 5.59. The number of benzene rings is 2. The second kappa shape index (κ2) is 8.58. The van der Waals surface area contributed by atoms with Gasteiger partial charge in [0, 0.05) is 17.1 Å². The van der Waals surface area contributed by atoms with E-state index in [2.05, 4.69) is 5.32 Å². The van der Waals surface area contributed by atoms with Crippen LogP contribution >= 0.6 is 11.6 Å². The van der Waals surface area contributed by atoms with E-state index in [1.807, 2.05) is 0 Å². The fourth-order valence-corrected chi connectivity index (χ4v) is 2.59. The summed E-state index contributed by atoms with van der Waals surface area (Å²) in [6, 6.07) is 7.78. The molecule has 0 bridgehead atoms. The molecule has 1 N–H and O–H groups in total.